The minimum Gasteiger partial charge on any atom is -0.493 e. The summed E-state index contributed by atoms with van der Waals surface area (Å²) in [5.41, 5.74) is 0.862. The van der Waals surface area contributed by atoms with Crippen molar-refractivity contribution in [2.24, 2.45) is 0 Å². The summed E-state index contributed by atoms with van der Waals surface area (Å²) in [5.74, 6) is -0.519. The first-order chi connectivity index (χ1) is 17.3. The summed E-state index contributed by atoms with van der Waals surface area (Å²) >= 11 is 1.00. The molecule has 0 bridgehead atoms. The van der Waals surface area contributed by atoms with Crippen LogP contribution in [0.15, 0.2) is 35.1 Å². The summed E-state index contributed by atoms with van der Waals surface area (Å²) in [5, 5.41) is 2.68. The van der Waals surface area contributed by atoms with Gasteiger partial charge in [0.1, 0.15) is 17.0 Å². The molecule has 0 fully saturated rings. The molecule has 0 unspecified atom stereocenters. The second-order valence-electron chi connectivity index (χ2n) is 7.59. The number of thiazole rings is 1. The molecule has 188 valence electrons. The van der Waals surface area contributed by atoms with Crippen LogP contribution in [0, 0.1) is 5.82 Å². The fourth-order valence-corrected chi connectivity index (χ4v) is 5.04. The van der Waals surface area contributed by atoms with Crippen LogP contribution in [-0.4, -0.2) is 44.4 Å². The minimum atomic E-state index is -0.642. The van der Waals surface area contributed by atoms with Crippen LogP contribution in [0.5, 0.6) is 17.2 Å². The van der Waals surface area contributed by atoms with Gasteiger partial charge in [0.05, 0.1) is 38.0 Å². The van der Waals surface area contributed by atoms with E-state index in [0.29, 0.717) is 34.1 Å². The smallest absolute Gasteiger partial charge is 0.326 e. The Bertz CT molecular complexity index is 1520. The van der Waals surface area contributed by atoms with Gasteiger partial charge in [0, 0.05) is 11.3 Å². The molecule has 2 aromatic carbocycles. The van der Waals surface area contributed by atoms with Crippen LogP contribution in [0.1, 0.15) is 18.1 Å². The predicted octanol–water partition coefficient (Wildman–Crippen LogP) is 1.62. The zero-order chi connectivity index (χ0) is 26.0. The number of aromatic nitrogens is 1. The number of ether oxygens (including phenoxy) is 4. The lowest BCUT2D eigenvalue weighted by molar-refractivity contribution is -0.143. The number of nitrogens with zero attached hydrogens (tertiary/aromatic N) is 1. The normalized spacial score (nSPS) is 14.4. The van der Waals surface area contributed by atoms with Gasteiger partial charge in [-0.15, -0.1) is 11.3 Å². The molecule has 0 spiro atoms. The fourth-order valence-electron chi connectivity index (χ4n) is 3.87. The number of amides is 1. The van der Waals surface area contributed by atoms with Crippen molar-refractivity contribution in [3.05, 3.63) is 66.8 Å². The summed E-state index contributed by atoms with van der Waals surface area (Å²) in [4.78, 5) is 38.6. The molecule has 1 aliphatic rings. The lowest BCUT2D eigenvalue weighted by Gasteiger charge is -2.12. The van der Waals surface area contributed by atoms with Crippen molar-refractivity contribution < 1.29 is 32.9 Å². The number of hydrogen-bond acceptors (Lipinski definition) is 8. The Labute approximate surface area is 209 Å². The van der Waals surface area contributed by atoms with Crippen molar-refractivity contribution in [2.75, 3.05) is 33.3 Å². The largest absolute Gasteiger partial charge is 0.493 e. The number of nitrogens with one attached hydrogen (secondary N) is 1. The van der Waals surface area contributed by atoms with E-state index in [-0.39, 0.29) is 21.4 Å². The Hall–Kier alpha value is -4.12. The second-order valence-corrected chi connectivity index (χ2v) is 8.62. The molecule has 2 heterocycles. The Morgan fingerprint density at radius 2 is 1.78 bits per heavy atom. The van der Waals surface area contributed by atoms with Crippen LogP contribution in [0.3, 0.4) is 0 Å². The number of esters is 1. The quantitative estimate of drug-likeness (QED) is 0.478. The van der Waals surface area contributed by atoms with Crippen LogP contribution < -0.4 is 34.3 Å². The first-order valence-electron chi connectivity index (χ1n) is 10.8. The van der Waals surface area contributed by atoms with Gasteiger partial charge >= 0.3 is 5.97 Å². The molecule has 36 heavy (non-hydrogen) atoms. The molecule has 0 saturated carbocycles. The summed E-state index contributed by atoms with van der Waals surface area (Å²) in [6, 6.07) is 7.21. The van der Waals surface area contributed by atoms with Gasteiger partial charge in [-0.1, -0.05) is 0 Å². The highest BCUT2D eigenvalue weighted by Crippen LogP contribution is 2.38. The summed E-state index contributed by atoms with van der Waals surface area (Å²) < 4.78 is 36.8. The molecule has 1 N–H and O–H groups in total. The third-order valence-corrected chi connectivity index (χ3v) is 6.56. The van der Waals surface area contributed by atoms with Crippen LogP contribution in [0.2, 0.25) is 0 Å². The molecule has 1 amide bonds. The number of benzene rings is 2. The van der Waals surface area contributed by atoms with Crippen molar-refractivity contribution in [2.45, 2.75) is 13.5 Å². The van der Waals surface area contributed by atoms with Crippen molar-refractivity contribution in [3.8, 4) is 17.2 Å². The highest BCUT2D eigenvalue weighted by atomic mass is 32.1. The van der Waals surface area contributed by atoms with Crippen LogP contribution in [0.4, 0.5) is 10.1 Å². The lowest BCUT2D eigenvalue weighted by Crippen LogP contribution is -2.36. The molecule has 1 aliphatic heterocycles. The summed E-state index contributed by atoms with van der Waals surface area (Å²) in [6.07, 6.45) is 1.59. The van der Waals surface area contributed by atoms with E-state index in [1.165, 1.54) is 44.1 Å². The minimum absolute atomic E-state index is 0.0976. The average molecular weight is 515 g/mol. The van der Waals surface area contributed by atoms with Crippen LogP contribution >= 0.6 is 11.3 Å². The topological polar surface area (TPSA) is 105 Å². The maximum atomic E-state index is 14.0. The van der Waals surface area contributed by atoms with Crippen molar-refractivity contribution in [1.82, 2.24) is 4.57 Å². The van der Waals surface area contributed by atoms with Gasteiger partial charge in [-0.3, -0.25) is 19.0 Å². The fraction of sp³-hybridized carbons (Fsp3) is 0.240. The highest BCUT2D eigenvalue weighted by molar-refractivity contribution is 7.07. The van der Waals surface area contributed by atoms with Crippen LogP contribution in [0.25, 0.3) is 11.6 Å². The van der Waals surface area contributed by atoms with Crippen molar-refractivity contribution >= 4 is 40.5 Å². The monoisotopic (exact) mass is 514 g/mol. The zero-order valence-corrected chi connectivity index (χ0v) is 20.8. The first kappa shape index (κ1) is 25.0. The number of methoxy groups -OCH3 is 3. The standard InChI is InChI=1S/C25H23FN2O7S/c1-5-35-20(29)12-28-24(31)19(10-13-8-17(32-2)22(34-4)18(9-13)33-3)36-25(28)21-15-11-14(26)6-7-16(15)27-23(21)30/h6-11H,5,12H2,1-4H3,(H,27,30)/b19-10-,25-21+. The van der Waals surface area contributed by atoms with Gasteiger partial charge in [0.15, 0.2) is 11.5 Å². The Kier molecular flexibility index (Phi) is 7.11. The lowest BCUT2D eigenvalue weighted by atomic mass is 10.1. The molecule has 9 nitrogen and oxygen atoms in total. The molecule has 1 aromatic heterocycles. The van der Waals surface area contributed by atoms with E-state index in [4.69, 9.17) is 18.9 Å². The third kappa shape index (κ3) is 4.57. The Morgan fingerprint density at radius 3 is 2.39 bits per heavy atom. The predicted molar refractivity (Wildman–Crippen MR) is 132 cm³/mol. The molecule has 0 aliphatic carbocycles. The van der Waals surface area contributed by atoms with E-state index in [9.17, 15) is 18.8 Å². The number of rotatable bonds is 7. The third-order valence-electron chi connectivity index (χ3n) is 5.43. The van der Waals surface area contributed by atoms with Gasteiger partial charge in [-0.25, -0.2) is 4.39 Å². The van der Waals surface area contributed by atoms with Gasteiger partial charge in [0.25, 0.3) is 11.5 Å². The number of carbonyl (C=O) groups is 2. The van der Waals surface area contributed by atoms with E-state index in [1.54, 1.807) is 25.1 Å². The van der Waals surface area contributed by atoms with E-state index in [1.807, 2.05) is 0 Å². The SMILES string of the molecule is CCOC(=O)Cn1c(=O)/c(=C/c2cc(OC)c(OC)c(OC)c2)s/c1=C1/C(=O)Nc2ccc(F)cc21. The molecule has 0 atom stereocenters. The van der Waals surface area contributed by atoms with Gasteiger partial charge < -0.3 is 24.3 Å². The molecule has 0 radical (unpaired) electrons. The number of hydrogen-bond donors (Lipinski definition) is 1. The molecule has 0 saturated heterocycles. The van der Waals surface area contributed by atoms with E-state index < -0.39 is 29.8 Å². The maximum Gasteiger partial charge on any atom is 0.326 e. The van der Waals surface area contributed by atoms with Crippen LogP contribution in [-0.2, 0) is 20.9 Å². The molecular weight excluding hydrogens is 491 g/mol. The maximum absolute atomic E-state index is 14.0. The van der Waals surface area contributed by atoms with Gasteiger partial charge in [0.2, 0.25) is 5.75 Å². The molecular formula is C25H23FN2O7S. The molecule has 11 heteroatoms. The van der Waals surface area contributed by atoms with E-state index in [2.05, 4.69) is 5.32 Å². The summed E-state index contributed by atoms with van der Waals surface area (Å²) in [6.45, 7) is 1.36. The number of anilines is 1. The molecule has 4 rings (SSSR count). The number of fused-ring (bicyclic) bond motifs is 1. The van der Waals surface area contributed by atoms with Gasteiger partial charge in [-0.05, 0) is 48.9 Å². The Balaban J connectivity index is 2.01. The average Bonchev–Trinajstić information content (AvgIpc) is 3.33. The van der Waals surface area contributed by atoms with Gasteiger partial charge in [-0.2, -0.15) is 0 Å². The second kappa shape index (κ2) is 10.2. The first-order valence-corrected chi connectivity index (χ1v) is 11.7. The van der Waals surface area contributed by atoms with E-state index in [0.717, 1.165) is 11.3 Å². The zero-order valence-electron chi connectivity index (χ0n) is 20.0. The Morgan fingerprint density at radius 1 is 1.08 bits per heavy atom. The van der Waals surface area contributed by atoms with E-state index >= 15 is 0 Å². The highest BCUT2D eigenvalue weighted by Gasteiger charge is 2.28. The van der Waals surface area contributed by atoms with Crippen molar-refractivity contribution in [3.63, 3.8) is 0 Å². The van der Waals surface area contributed by atoms with Crippen molar-refractivity contribution in [1.29, 1.82) is 0 Å². The number of halogens is 1. The number of carbonyl (C=O) groups excluding carboxylic acids is 2. The summed E-state index contributed by atoms with van der Waals surface area (Å²) in [7, 11) is 4.43. The molecule has 3 aromatic rings.